The monoisotopic (exact) mass is 276 g/mol. The summed E-state index contributed by atoms with van der Waals surface area (Å²) in [7, 11) is 4.20. The molecule has 3 rings (SSSR count). The van der Waals surface area contributed by atoms with E-state index in [1.165, 1.54) is 12.1 Å². The molecule has 20 heavy (non-hydrogen) atoms. The minimum Gasteiger partial charge on any atom is -0.358 e. The Hall–Kier alpha value is -1.52. The Morgan fingerprint density at radius 2 is 2.00 bits per heavy atom. The number of carbonyl (C=O) groups excluding carboxylic acids is 1. The number of hydrogen-bond donors (Lipinski definition) is 0. The molecular formula is C15H24N4O. The molecule has 1 saturated carbocycles. The molecule has 5 heteroatoms. The van der Waals surface area contributed by atoms with E-state index >= 15 is 0 Å². The standard InChI is InChI=1S/C15H24N4O/c1-17-10-16-15-14(17)9-19(11-18(15)2)8-7-12-3-5-13(20)6-4-12/h9,12H,3-8,10-11H2,1-2H3. The van der Waals surface area contributed by atoms with Crippen LogP contribution >= 0.6 is 0 Å². The summed E-state index contributed by atoms with van der Waals surface area (Å²) in [6, 6.07) is 0. The number of fused-ring (bicyclic) bond motifs is 1. The van der Waals surface area contributed by atoms with Gasteiger partial charge in [-0.05, 0) is 25.2 Å². The van der Waals surface area contributed by atoms with E-state index in [9.17, 15) is 4.79 Å². The molecule has 0 bridgehead atoms. The van der Waals surface area contributed by atoms with Gasteiger partial charge in [0.05, 0.1) is 12.4 Å². The lowest BCUT2D eigenvalue weighted by atomic mass is 9.86. The number of likely N-dealkylation sites (N-methyl/N-ethyl adjacent to an activating group) is 2. The Morgan fingerprint density at radius 3 is 2.75 bits per heavy atom. The number of ketones is 1. The molecule has 3 aliphatic rings. The van der Waals surface area contributed by atoms with Crippen molar-refractivity contribution in [3.63, 3.8) is 0 Å². The van der Waals surface area contributed by atoms with Gasteiger partial charge >= 0.3 is 0 Å². The van der Waals surface area contributed by atoms with E-state index in [0.29, 0.717) is 5.78 Å². The number of hydrogen-bond acceptors (Lipinski definition) is 5. The van der Waals surface area contributed by atoms with Crippen LogP contribution in [-0.2, 0) is 4.79 Å². The van der Waals surface area contributed by atoms with Crippen molar-refractivity contribution in [3.8, 4) is 0 Å². The van der Waals surface area contributed by atoms with Crippen molar-refractivity contribution in [3.05, 3.63) is 11.9 Å². The van der Waals surface area contributed by atoms with E-state index in [-0.39, 0.29) is 0 Å². The van der Waals surface area contributed by atoms with Crippen molar-refractivity contribution in [2.45, 2.75) is 32.1 Å². The Balaban J connectivity index is 1.56. The first-order valence-electron chi connectivity index (χ1n) is 7.58. The fourth-order valence-corrected chi connectivity index (χ4v) is 3.30. The van der Waals surface area contributed by atoms with Crippen LogP contribution in [0.4, 0.5) is 0 Å². The number of rotatable bonds is 3. The topological polar surface area (TPSA) is 39.1 Å². The van der Waals surface area contributed by atoms with Gasteiger partial charge in [-0.15, -0.1) is 0 Å². The predicted octanol–water partition coefficient (Wildman–Crippen LogP) is 1.48. The Kier molecular flexibility index (Phi) is 3.68. The maximum absolute atomic E-state index is 11.3. The van der Waals surface area contributed by atoms with Crippen LogP contribution < -0.4 is 0 Å². The van der Waals surface area contributed by atoms with Gasteiger partial charge in [0, 0.05) is 39.7 Å². The number of Topliss-reactive ketones (excluding diaryl/α,β-unsaturated/α-hetero) is 1. The van der Waals surface area contributed by atoms with E-state index in [0.717, 1.165) is 57.3 Å². The summed E-state index contributed by atoms with van der Waals surface area (Å²) in [4.78, 5) is 22.6. The predicted molar refractivity (Wildman–Crippen MR) is 79.1 cm³/mol. The summed E-state index contributed by atoms with van der Waals surface area (Å²) >= 11 is 0. The van der Waals surface area contributed by atoms with E-state index in [4.69, 9.17) is 0 Å². The summed E-state index contributed by atoms with van der Waals surface area (Å²) in [6.07, 6.45) is 7.22. The zero-order chi connectivity index (χ0) is 14.1. The third-order valence-electron chi connectivity index (χ3n) is 4.62. The van der Waals surface area contributed by atoms with Crippen LogP contribution in [0, 0.1) is 5.92 Å². The quantitative estimate of drug-likeness (QED) is 0.783. The second kappa shape index (κ2) is 5.46. The lowest BCUT2D eigenvalue weighted by molar-refractivity contribution is -0.121. The Labute approximate surface area is 120 Å². The molecular weight excluding hydrogens is 252 g/mol. The van der Waals surface area contributed by atoms with E-state index in [1.54, 1.807) is 0 Å². The maximum atomic E-state index is 11.3. The van der Waals surface area contributed by atoms with Crippen LogP contribution in [0.2, 0.25) is 0 Å². The van der Waals surface area contributed by atoms with Gasteiger partial charge in [-0.25, -0.2) is 4.99 Å². The second-order valence-corrected chi connectivity index (χ2v) is 6.26. The van der Waals surface area contributed by atoms with Crippen molar-refractivity contribution in [1.29, 1.82) is 0 Å². The first kappa shape index (κ1) is 13.5. The molecule has 2 heterocycles. The van der Waals surface area contributed by atoms with Gasteiger partial charge in [0.2, 0.25) is 0 Å². The zero-order valence-corrected chi connectivity index (χ0v) is 12.5. The highest BCUT2D eigenvalue weighted by Crippen LogP contribution is 2.26. The van der Waals surface area contributed by atoms with E-state index in [1.807, 2.05) is 0 Å². The third-order valence-corrected chi connectivity index (χ3v) is 4.62. The van der Waals surface area contributed by atoms with Crippen molar-refractivity contribution in [1.82, 2.24) is 14.7 Å². The number of carbonyl (C=O) groups is 1. The molecule has 0 N–H and O–H groups in total. The van der Waals surface area contributed by atoms with Gasteiger partial charge in [-0.2, -0.15) is 0 Å². The van der Waals surface area contributed by atoms with Gasteiger partial charge in [-0.1, -0.05) is 0 Å². The summed E-state index contributed by atoms with van der Waals surface area (Å²) in [5.74, 6) is 2.30. The van der Waals surface area contributed by atoms with Gasteiger partial charge in [-0.3, -0.25) is 4.79 Å². The molecule has 0 amide bonds. The molecule has 1 fully saturated rings. The summed E-state index contributed by atoms with van der Waals surface area (Å²) in [6.45, 7) is 2.76. The highest BCUT2D eigenvalue weighted by Gasteiger charge is 2.28. The molecule has 0 aromatic carbocycles. The number of nitrogens with zero attached hydrogens (tertiary/aromatic N) is 4. The fraction of sp³-hybridized carbons (Fsp3) is 0.733. The lowest BCUT2D eigenvalue weighted by Gasteiger charge is -2.35. The minimum atomic E-state index is 0.453. The largest absolute Gasteiger partial charge is 0.358 e. The molecule has 110 valence electrons. The molecule has 0 unspecified atom stereocenters. The van der Waals surface area contributed by atoms with E-state index < -0.39 is 0 Å². The molecule has 0 spiro atoms. The highest BCUT2D eigenvalue weighted by atomic mass is 16.1. The first-order chi connectivity index (χ1) is 9.63. The molecule has 1 aliphatic carbocycles. The maximum Gasteiger partial charge on any atom is 0.152 e. The zero-order valence-electron chi connectivity index (χ0n) is 12.5. The van der Waals surface area contributed by atoms with Crippen molar-refractivity contribution < 1.29 is 4.79 Å². The van der Waals surface area contributed by atoms with Crippen LogP contribution in [0.1, 0.15) is 32.1 Å². The average molecular weight is 276 g/mol. The van der Waals surface area contributed by atoms with Crippen LogP contribution in [0.3, 0.4) is 0 Å². The molecule has 0 atom stereocenters. The van der Waals surface area contributed by atoms with E-state index in [2.05, 4.69) is 40.0 Å². The molecule has 0 aromatic rings. The summed E-state index contributed by atoms with van der Waals surface area (Å²) in [5, 5.41) is 0. The van der Waals surface area contributed by atoms with Crippen LogP contribution in [0.5, 0.6) is 0 Å². The molecule has 0 aromatic heterocycles. The summed E-state index contributed by atoms with van der Waals surface area (Å²) < 4.78 is 0. The van der Waals surface area contributed by atoms with Crippen LogP contribution in [-0.4, -0.2) is 60.3 Å². The smallest absolute Gasteiger partial charge is 0.152 e. The average Bonchev–Trinajstić information content (AvgIpc) is 2.81. The molecule has 5 nitrogen and oxygen atoms in total. The van der Waals surface area contributed by atoms with Crippen LogP contribution in [0.25, 0.3) is 0 Å². The van der Waals surface area contributed by atoms with Crippen molar-refractivity contribution in [2.75, 3.05) is 34.0 Å². The first-order valence-corrected chi connectivity index (χ1v) is 7.58. The molecule has 0 saturated heterocycles. The number of aliphatic imine (C=N–C) groups is 1. The van der Waals surface area contributed by atoms with Gasteiger partial charge in [0.1, 0.15) is 12.5 Å². The molecule has 2 aliphatic heterocycles. The highest BCUT2D eigenvalue weighted by molar-refractivity contribution is 5.99. The van der Waals surface area contributed by atoms with Gasteiger partial charge in [0.25, 0.3) is 0 Å². The van der Waals surface area contributed by atoms with Gasteiger partial charge in [0.15, 0.2) is 5.84 Å². The van der Waals surface area contributed by atoms with Crippen molar-refractivity contribution in [2.24, 2.45) is 10.9 Å². The molecule has 0 radical (unpaired) electrons. The van der Waals surface area contributed by atoms with Crippen LogP contribution in [0.15, 0.2) is 16.9 Å². The minimum absolute atomic E-state index is 0.453. The Bertz CT molecular complexity index is 447. The van der Waals surface area contributed by atoms with Gasteiger partial charge < -0.3 is 14.7 Å². The SMILES string of the molecule is CN1CN=C2C1=CN(CCC1CCC(=O)CC1)CN2C. The summed E-state index contributed by atoms with van der Waals surface area (Å²) in [5.41, 5.74) is 1.23. The number of amidine groups is 1. The Morgan fingerprint density at radius 1 is 1.25 bits per heavy atom. The third kappa shape index (κ3) is 2.67. The normalized spacial score (nSPS) is 23.9. The second-order valence-electron chi connectivity index (χ2n) is 6.26. The lowest BCUT2D eigenvalue weighted by Crippen LogP contribution is -2.43. The fourth-order valence-electron chi connectivity index (χ4n) is 3.30. The van der Waals surface area contributed by atoms with Crippen molar-refractivity contribution >= 4 is 11.6 Å².